The number of ether oxygens (including phenoxy) is 1. The minimum atomic E-state index is -0.190. The van der Waals surface area contributed by atoms with E-state index < -0.39 is 0 Å². The van der Waals surface area contributed by atoms with Crippen LogP contribution >= 0.6 is 11.3 Å². The third kappa shape index (κ3) is 10.7. The molecule has 0 spiro atoms. The molecule has 198 valence electrons. The zero-order valence-corrected chi connectivity index (χ0v) is 22.1. The monoisotopic (exact) mass is 518 g/mol. The van der Waals surface area contributed by atoms with E-state index in [0.717, 1.165) is 43.7 Å². The van der Waals surface area contributed by atoms with E-state index >= 15 is 0 Å². The fraction of sp³-hybridized carbons (Fsp3) is 0.542. The van der Waals surface area contributed by atoms with Crippen LogP contribution in [0.4, 0.5) is 5.13 Å². The molecule has 1 amide bonds. The number of nitrogens with one attached hydrogen (secondary N) is 3. The second-order valence-electron chi connectivity index (χ2n) is 7.69. The Hall–Kier alpha value is -3.09. The minimum absolute atomic E-state index is 0.190. The van der Waals surface area contributed by atoms with Crippen molar-refractivity contribution in [1.82, 2.24) is 20.8 Å². The molecule has 1 aromatic heterocycles. The molecule has 1 fully saturated rings. The summed E-state index contributed by atoms with van der Waals surface area (Å²) in [6.07, 6.45) is 5.04. The quantitative estimate of drug-likeness (QED) is 0.137. The van der Waals surface area contributed by atoms with Crippen molar-refractivity contribution in [3.63, 3.8) is 0 Å². The van der Waals surface area contributed by atoms with Crippen molar-refractivity contribution in [3.8, 4) is 5.75 Å². The van der Waals surface area contributed by atoms with E-state index in [0.29, 0.717) is 34.9 Å². The topological polar surface area (TPSA) is 148 Å². The first-order valence-corrected chi connectivity index (χ1v) is 13.3. The predicted octanol–water partition coefficient (Wildman–Crippen LogP) is 2.89. The lowest BCUT2D eigenvalue weighted by Gasteiger charge is -2.23. The summed E-state index contributed by atoms with van der Waals surface area (Å²) in [6, 6.07) is 8.19. The maximum Gasteiger partial charge on any atom is 0.230 e. The van der Waals surface area contributed by atoms with Crippen LogP contribution in [0, 0.1) is 0 Å². The summed E-state index contributed by atoms with van der Waals surface area (Å²) < 4.78 is 5.87. The van der Waals surface area contributed by atoms with Crippen molar-refractivity contribution in [3.05, 3.63) is 34.8 Å². The molecule has 1 aromatic carbocycles. The van der Waals surface area contributed by atoms with Crippen LogP contribution in [0.3, 0.4) is 0 Å². The number of piperidine rings is 1. The van der Waals surface area contributed by atoms with Crippen molar-refractivity contribution in [2.75, 3.05) is 31.6 Å². The number of carbonyl (C=O) groups is 1. The summed E-state index contributed by atoms with van der Waals surface area (Å²) in [6.45, 7) is 9.63. The zero-order valence-electron chi connectivity index (χ0n) is 21.3. The number of carbonyl (C=O) groups excluding carboxylic acids is 1. The molecule has 1 saturated heterocycles. The van der Waals surface area contributed by atoms with Crippen LogP contribution in [0.2, 0.25) is 0 Å². The van der Waals surface area contributed by atoms with Gasteiger partial charge < -0.3 is 26.4 Å². The Balaban J connectivity index is 0.00000222. The molecule has 0 bridgehead atoms. The molecule has 2 aromatic rings. The molecule has 1 aliphatic heterocycles. The Morgan fingerprint density at radius 2 is 2.11 bits per heavy atom. The van der Waals surface area contributed by atoms with Crippen molar-refractivity contribution >= 4 is 34.4 Å². The number of anilines is 1. The highest BCUT2D eigenvalue weighted by Gasteiger charge is 2.14. The van der Waals surface area contributed by atoms with Gasteiger partial charge in [0, 0.05) is 6.04 Å². The Bertz CT molecular complexity index is 960. The van der Waals surface area contributed by atoms with Crippen LogP contribution in [0.1, 0.15) is 57.0 Å². The van der Waals surface area contributed by atoms with E-state index in [-0.39, 0.29) is 12.3 Å². The molecule has 3 rings (SSSR count). The Morgan fingerprint density at radius 1 is 1.31 bits per heavy atom. The molecule has 0 radical (unpaired) electrons. The number of hydrogen-bond donors (Lipinski definition) is 4. The van der Waals surface area contributed by atoms with Gasteiger partial charge in [0.25, 0.3) is 0 Å². The number of benzene rings is 1. The van der Waals surface area contributed by atoms with Crippen LogP contribution in [-0.4, -0.2) is 60.4 Å². The maximum atomic E-state index is 12.5. The van der Waals surface area contributed by atoms with Gasteiger partial charge in [-0.3, -0.25) is 4.79 Å². The number of nitrogens with two attached hydrogens (primary N) is 1. The van der Waals surface area contributed by atoms with Gasteiger partial charge in [0.1, 0.15) is 17.8 Å². The average molecular weight is 519 g/mol. The van der Waals surface area contributed by atoms with E-state index in [1.165, 1.54) is 24.2 Å². The molecule has 11 nitrogen and oxygen atoms in total. The number of hydrogen-bond acceptors (Lipinski definition) is 10. The number of amides is 1. The molecule has 0 atom stereocenters. The van der Waals surface area contributed by atoms with Crippen LogP contribution in [-0.2, 0) is 16.2 Å². The summed E-state index contributed by atoms with van der Waals surface area (Å²) in [4.78, 5) is 17.2. The van der Waals surface area contributed by atoms with Crippen LogP contribution in [0.15, 0.2) is 34.6 Å². The summed E-state index contributed by atoms with van der Waals surface area (Å²) in [5.74, 6) is 0.569. The maximum absolute atomic E-state index is 12.5. The lowest BCUT2D eigenvalue weighted by molar-refractivity contribution is -0.115. The fourth-order valence-corrected chi connectivity index (χ4v) is 4.24. The summed E-state index contributed by atoms with van der Waals surface area (Å²) in [5.41, 5.74) is 6.53. The highest BCUT2D eigenvalue weighted by Crippen LogP contribution is 2.19. The third-order valence-electron chi connectivity index (χ3n) is 5.14. The minimum Gasteiger partial charge on any atom is -0.494 e. The number of aromatic nitrogens is 2. The first-order chi connectivity index (χ1) is 17.7. The van der Waals surface area contributed by atoms with E-state index in [4.69, 9.17) is 15.4 Å². The second kappa shape index (κ2) is 17.4. The van der Waals surface area contributed by atoms with E-state index in [9.17, 15) is 4.79 Å². The average Bonchev–Trinajstić information content (AvgIpc) is 3.36. The second-order valence-corrected chi connectivity index (χ2v) is 8.67. The summed E-state index contributed by atoms with van der Waals surface area (Å²) in [7, 11) is 0. The van der Waals surface area contributed by atoms with Gasteiger partial charge in [-0.1, -0.05) is 49.4 Å². The van der Waals surface area contributed by atoms with Crippen molar-refractivity contribution in [2.45, 2.75) is 58.9 Å². The highest BCUT2D eigenvalue weighted by molar-refractivity contribution is 7.17. The van der Waals surface area contributed by atoms with Crippen molar-refractivity contribution in [2.24, 2.45) is 16.0 Å². The molecule has 0 aliphatic carbocycles. The SMILES string of the molecule is CC.CC/C(=N\O/N=C/N)c1nnc(NC(=O)Cc2cccc(OCCCNC3CCNCC3)c2)s1. The summed E-state index contributed by atoms with van der Waals surface area (Å²) in [5, 5.41) is 25.9. The van der Waals surface area contributed by atoms with Crippen LogP contribution in [0.25, 0.3) is 0 Å². The van der Waals surface area contributed by atoms with Gasteiger partial charge in [-0.15, -0.1) is 10.2 Å². The molecule has 2 heterocycles. The van der Waals surface area contributed by atoms with Crippen molar-refractivity contribution < 1.29 is 14.5 Å². The summed E-state index contributed by atoms with van der Waals surface area (Å²) >= 11 is 1.21. The molecule has 0 unspecified atom stereocenters. The molecular weight excluding hydrogens is 480 g/mol. The molecule has 1 aliphatic rings. The van der Waals surface area contributed by atoms with E-state index in [2.05, 4.69) is 36.5 Å². The Kier molecular flexibility index (Phi) is 14.1. The van der Waals surface area contributed by atoms with Crippen LogP contribution < -0.4 is 26.4 Å². The predicted molar refractivity (Wildman–Crippen MR) is 145 cm³/mol. The highest BCUT2D eigenvalue weighted by atomic mass is 32.1. The van der Waals surface area contributed by atoms with Gasteiger partial charge in [-0.2, -0.15) is 0 Å². The Morgan fingerprint density at radius 3 is 2.86 bits per heavy atom. The Labute approximate surface area is 216 Å². The van der Waals surface area contributed by atoms with Crippen molar-refractivity contribution in [1.29, 1.82) is 0 Å². The first kappa shape index (κ1) is 29.1. The molecule has 5 N–H and O–H groups in total. The largest absolute Gasteiger partial charge is 0.494 e. The van der Waals surface area contributed by atoms with Gasteiger partial charge in [0.2, 0.25) is 11.0 Å². The van der Waals surface area contributed by atoms with Gasteiger partial charge in [-0.25, -0.2) is 4.94 Å². The lowest BCUT2D eigenvalue weighted by atomic mass is 10.1. The zero-order chi connectivity index (χ0) is 26.0. The number of nitrogens with zero attached hydrogens (tertiary/aromatic N) is 4. The van der Waals surface area contributed by atoms with E-state index in [1.807, 2.05) is 45.0 Å². The molecule has 36 heavy (non-hydrogen) atoms. The van der Waals surface area contributed by atoms with Crippen LogP contribution in [0.5, 0.6) is 5.75 Å². The normalized spacial score (nSPS) is 14.2. The first-order valence-electron chi connectivity index (χ1n) is 12.4. The van der Waals surface area contributed by atoms with Gasteiger partial charge in [0.05, 0.1) is 13.0 Å². The lowest BCUT2D eigenvalue weighted by Crippen LogP contribution is -2.40. The number of rotatable bonds is 13. The molecule has 12 heteroatoms. The molecular formula is C24H38N8O3S. The molecule has 0 saturated carbocycles. The standard InChI is InChI=1S/C22H32N8O3S.C2H6/c1-2-19(30-33-26-15-23)21-28-29-22(34-21)27-20(31)14-16-5-3-6-18(13-16)32-12-4-9-25-17-7-10-24-11-8-17;1-2/h3,5-6,13,15,17,24-25H,2,4,7-12,14H2,1H3,(H2,23,26)(H,27,29,31);1-2H3/b30-19+;. The van der Waals surface area contributed by atoms with Gasteiger partial charge in [-0.05, 0) is 68.2 Å². The smallest absolute Gasteiger partial charge is 0.230 e. The fourth-order valence-electron chi connectivity index (χ4n) is 3.43. The van der Waals surface area contributed by atoms with E-state index in [1.54, 1.807) is 0 Å². The third-order valence-corrected chi connectivity index (χ3v) is 6.02. The van der Waals surface area contributed by atoms with Gasteiger partial charge >= 0.3 is 0 Å². The van der Waals surface area contributed by atoms with Gasteiger partial charge in [0.15, 0.2) is 5.01 Å². The number of oxime groups is 2.